The first-order valence-electron chi connectivity index (χ1n) is 6.47. The Labute approximate surface area is 109 Å². The fraction of sp³-hybridized carbons (Fsp3) is 0.467. The molecule has 0 saturated heterocycles. The van der Waals surface area contributed by atoms with E-state index in [1.807, 2.05) is 24.3 Å². The van der Waals surface area contributed by atoms with Crippen LogP contribution >= 0.6 is 11.6 Å². The van der Waals surface area contributed by atoms with Gasteiger partial charge in [-0.15, -0.1) is 0 Å². The van der Waals surface area contributed by atoms with Gasteiger partial charge in [0.1, 0.15) is 0 Å². The molecule has 0 fully saturated rings. The molecule has 92 valence electrons. The van der Waals surface area contributed by atoms with Crippen molar-refractivity contribution < 1.29 is 0 Å². The lowest BCUT2D eigenvalue weighted by molar-refractivity contribution is 0.602. The fourth-order valence-corrected chi connectivity index (χ4v) is 2.51. The molecule has 1 aliphatic rings. The van der Waals surface area contributed by atoms with Crippen molar-refractivity contribution in [1.29, 1.82) is 0 Å². The van der Waals surface area contributed by atoms with Gasteiger partial charge in [-0.05, 0) is 43.4 Å². The zero-order valence-corrected chi connectivity index (χ0v) is 10.9. The predicted octanol–water partition coefficient (Wildman–Crippen LogP) is 4.62. The van der Waals surface area contributed by atoms with Gasteiger partial charge in [0.05, 0.1) is 6.04 Å². The Morgan fingerprint density at radius 1 is 1.00 bits per heavy atom. The second-order valence-corrected chi connectivity index (χ2v) is 5.20. The highest BCUT2D eigenvalue weighted by atomic mass is 35.5. The van der Waals surface area contributed by atoms with Gasteiger partial charge in [-0.25, -0.2) is 0 Å². The second kappa shape index (κ2) is 6.23. The van der Waals surface area contributed by atoms with Crippen LogP contribution in [0.2, 0.25) is 5.02 Å². The Bertz CT molecular complexity index is 380. The molecule has 1 atom stereocenters. The third-order valence-corrected chi connectivity index (χ3v) is 3.71. The molecule has 0 heterocycles. The van der Waals surface area contributed by atoms with E-state index in [9.17, 15) is 0 Å². The third kappa shape index (κ3) is 3.58. The van der Waals surface area contributed by atoms with E-state index in [1.54, 1.807) is 0 Å². The summed E-state index contributed by atoms with van der Waals surface area (Å²) < 4.78 is 0. The van der Waals surface area contributed by atoms with Crippen molar-refractivity contribution in [3.8, 4) is 0 Å². The quantitative estimate of drug-likeness (QED) is 0.761. The largest absolute Gasteiger partial charge is 0.321 e. The fourth-order valence-electron chi connectivity index (χ4n) is 2.38. The minimum absolute atomic E-state index is 0.0466. The van der Waals surface area contributed by atoms with Crippen LogP contribution in [-0.2, 0) is 0 Å². The summed E-state index contributed by atoms with van der Waals surface area (Å²) in [5, 5.41) is 0.771. The molecule has 0 saturated carbocycles. The smallest absolute Gasteiger partial charge is 0.0510 e. The first kappa shape index (κ1) is 12.7. The Hall–Kier alpha value is -0.790. The van der Waals surface area contributed by atoms with E-state index in [1.165, 1.54) is 43.2 Å². The van der Waals surface area contributed by atoms with Crippen molar-refractivity contribution in [2.24, 2.45) is 5.73 Å². The summed E-state index contributed by atoms with van der Waals surface area (Å²) in [6.45, 7) is 0. The summed E-state index contributed by atoms with van der Waals surface area (Å²) in [6, 6.07) is 7.95. The van der Waals surface area contributed by atoms with E-state index in [0.717, 1.165) is 11.4 Å². The molecule has 0 spiro atoms. The number of rotatable bonds is 2. The van der Waals surface area contributed by atoms with Crippen LogP contribution in [0, 0.1) is 0 Å². The van der Waals surface area contributed by atoms with E-state index >= 15 is 0 Å². The van der Waals surface area contributed by atoms with Gasteiger partial charge in [0.2, 0.25) is 0 Å². The molecule has 1 nitrogen and oxygen atoms in total. The summed E-state index contributed by atoms with van der Waals surface area (Å²) in [5.41, 5.74) is 8.89. The summed E-state index contributed by atoms with van der Waals surface area (Å²) in [4.78, 5) is 0. The molecule has 2 N–H and O–H groups in total. The Kier molecular flexibility index (Phi) is 4.64. The van der Waals surface area contributed by atoms with Crippen LogP contribution in [0.5, 0.6) is 0 Å². The van der Waals surface area contributed by atoms with E-state index in [2.05, 4.69) is 6.08 Å². The minimum Gasteiger partial charge on any atom is -0.321 e. The van der Waals surface area contributed by atoms with E-state index < -0.39 is 0 Å². The monoisotopic (exact) mass is 249 g/mol. The molecule has 17 heavy (non-hydrogen) atoms. The zero-order chi connectivity index (χ0) is 12.1. The van der Waals surface area contributed by atoms with Gasteiger partial charge in [-0.1, -0.05) is 48.2 Å². The molecule has 2 heteroatoms. The van der Waals surface area contributed by atoms with Crippen LogP contribution < -0.4 is 5.73 Å². The number of benzene rings is 1. The molecule has 1 aliphatic carbocycles. The highest BCUT2D eigenvalue weighted by Crippen LogP contribution is 2.27. The van der Waals surface area contributed by atoms with Crippen molar-refractivity contribution in [3.63, 3.8) is 0 Å². The SMILES string of the molecule is NC(/C1=C/CCCCCC1)c1ccc(Cl)cc1. The van der Waals surface area contributed by atoms with Crippen LogP contribution in [0.4, 0.5) is 0 Å². The topological polar surface area (TPSA) is 26.0 Å². The minimum atomic E-state index is 0.0466. The predicted molar refractivity (Wildman–Crippen MR) is 74.2 cm³/mol. The van der Waals surface area contributed by atoms with Crippen molar-refractivity contribution in [2.45, 2.75) is 44.6 Å². The Morgan fingerprint density at radius 2 is 1.71 bits per heavy atom. The highest BCUT2D eigenvalue weighted by Gasteiger charge is 2.12. The van der Waals surface area contributed by atoms with Crippen molar-refractivity contribution >= 4 is 11.6 Å². The van der Waals surface area contributed by atoms with Gasteiger partial charge in [0, 0.05) is 5.02 Å². The molecule has 1 unspecified atom stereocenters. The first-order valence-corrected chi connectivity index (χ1v) is 6.85. The summed E-state index contributed by atoms with van der Waals surface area (Å²) in [6.07, 6.45) is 9.94. The Morgan fingerprint density at radius 3 is 2.47 bits per heavy atom. The summed E-state index contributed by atoms with van der Waals surface area (Å²) in [7, 11) is 0. The number of hydrogen-bond acceptors (Lipinski definition) is 1. The van der Waals surface area contributed by atoms with Crippen LogP contribution in [0.3, 0.4) is 0 Å². The number of hydrogen-bond donors (Lipinski definition) is 1. The standard InChI is InChI=1S/C15H20ClN/c16-14-10-8-13(9-11-14)15(17)12-6-4-2-1-3-5-7-12/h6,8-11,15H,1-5,7,17H2/b12-6+. The van der Waals surface area contributed by atoms with Gasteiger partial charge in [-0.2, -0.15) is 0 Å². The lowest BCUT2D eigenvalue weighted by atomic mass is 9.91. The van der Waals surface area contributed by atoms with Crippen molar-refractivity contribution in [1.82, 2.24) is 0 Å². The summed E-state index contributed by atoms with van der Waals surface area (Å²) in [5.74, 6) is 0. The molecule has 2 rings (SSSR count). The first-order chi connectivity index (χ1) is 8.27. The van der Waals surface area contributed by atoms with Gasteiger partial charge in [0.25, 0.3) is 0 Å². The van der Waals surface area contributed by atoms with Crippen LogP contribution in [0.25, 0.3) is 0 Å². The van der Waals surface area contributed by atoms with E-state index in [-0.39, 0.29) is 6.04 Å². The van der Waals surface area contributed by atoms with E-state index in [0.29, 0.717) is 0 Å². The van der Waals surface area contributed by atoms with Crippen LogP contribution in [0.15, 0.2) is 35.9 Å². The van der Waals surface area contributed by atoms with Crippen molar-refractivity contribution in [3.05, 3.63) is 46.5 Å². The number of nitrogens with two attached hydrogens (primary N) is 1. The van der Waals surface area contributed by atoms with Crippen molar-refractivity contribution in [2.75, 3.05) is 0 Å². The average Bonchev–Trinajstić information content (AvgIpc) is 2.29. The third-order valence-electron chi connectivity index (χ3n) is 3.45. The van der Waals surface area contributed by atoms with Crippen LogP contribution in [0.1, 0.15) is 50.1 Å². The van der Waals surface area contributed by atoms with Gasteiger partial charge in [-0.3, -0.25) is 0 Å². The Balaban J connectivity index is 2.11. The molecular weight excluding hydrogens is 230 g/mol. The second-order valence-electron chi connectivity index (χ2n) is 4.76. The number of halogens is 1. The average molecular weight is 250 g/mol. The molecule has 1 aromatic carbocycles. The molecule has 0 radical (unpaired) electrons. The highest BCUT2D eigenvalue weighted by molar-refractivity contribution is 6.30. The summed E-state index contributed by atoms with van der Waals surface area (Å²) >= 11 is 5.89. The van der Waals surface area contributed by atoms with E-state index in [4.69, 9.17) is 17.3 Å². The normalized spacial score (nSPS) is 22.1. The van der Waals surface area contributed by atoms with Gasteiger partial charge in [0.15, 0.2) is 0 Å². The molecule has 0 bridgehead atoms. The zero-order valence-electron chi connectivity index (χ0n) is 10.2. The lowest BCUT2D eigenvalue weighted by Gasteiger charge is -2.18. The van der Waals surface area contributed by atoms with Gasteiger partial charge < -0.3 is 5.73 Å². The molecule has 0 amide bonds. The molecule has 1 aromatic rings. The molecule has 0 aromatic heterocycles. The maximum absolute atomic E-state index is 6.33. The molecule has 0 aliphatic heterocycles. The van der Waals surface area contributed by atoms with Crippen LogP contribution in [-0.4, -0.2) is 0 Å². The lowest BCUT2D eigenvalue weighted by Crippen LogP contribution is -2.14. The molecular formula is C15H20ClN. The maximum atomic E-state index is 6.33. The number of allylic oxidation sites excluding steroid dienone is 1. The maximum Gasteiger partial charge on any atom is 0.0510 e. The van der Waals surface area contributed by atoms with Gasteiger partial charge >= 0.3 is 0 Å².